The summed E-state index contributed by atoms with van der Waals surface area (Å²) in [5.41, 5.74) is 1.03. The van der Waals surface area contributed by atoms with Gasteiger partial charge in [-0.05, 0) is 42.3 Å². The number of carbonyl (C=O) groups is 2. The molecule has 0 aliphatic carbocycles. The monoisotopic (exact) mass is 378 g/mol. The molecule has 2 aromatic rings. The molecule has 0 spiro atoms. The molecule has 1 N–H and O–H groups in total. The van der Waals surface area contributed by atoms with Gasteiger partial charge in [-0.25, -0.2) is 0 Å². The average Bonchev–Trinajstić information content (AvgIpc) is 3.04. The molecule has 5 nitrogen and oxygen atoms in total. The van der Waals surface area contributed by atoms with Gasteiger partial charge in [0.1, 0.15) is 6.61 Å². The minimum atomic E-state index is -4.52. The Bertz CT molecular complexity index is 881. The molecule has 0 atom stereocenters. The van der Waals surface area contributed by atoms with Crippen LogP contribution in [0.2, 0.25) is 0 Å². The molecule has 2 aromatic carbocycles. The third kappa shape index (κ3) is 4.11. The van der Waals surface area contributed by atoms with E-state index in [1.54, 1.807) is 23.1 Å². The van der Waals surface area contributed by atoms with Crippen molar-refractivity contribution in [1.82, 2.24) is 0 Å². The van der Waals surface area contributed by atoms with Crippen LogP contribution >= 0.6 is 0 Å². The topological polar surface area (TPSA) is 58.6 Å². The first-order valence-corrected chi connectivity index (χ1v) is 8.20. The Kier molecular flexibility index (Phi) is 5.18. The summed E-state index contributed by atoms with van der Waals surface area (Å²) < 4.78 is 43.3. The third-order valence-electron chi connectivity index (χ3n) is 4.26. The molecule has 1 aliphatic heterocycles. The Balaban J connectivity index is 1.80. The third-order valence-corrected chi connectivity index (χ3v) is 4.26. The fraction of sp³-hybridized carbons (Fsp3) is 0.263. The van der Waals surface area contributed by atoms with Gasteiger partial charge >= 0.3 is 6.18 Å². The van der Waals surface area contributed by atoms with Crippen molar-refractivity contribution in [3.8, 4) is 0 Å². The van der Waals surface area contributed by atoms with Crippen LogP contribution in [0.5, 0.6) is 0 Å². The number of benzene rings is 2. The Hall–Kier alpha value is -2.87. The fourth-order valence-corrected chi connectivity index (χ4v) is 2.96. The van der Waals surface area contributed by atoms with Crippen LogP contribution in [-0.4, -0.2) is 32.1 Å². The van der Waals surface area contributed by atoms with Crippen molar-refractivity contribution in [3.05, 3.63) is 59.2 Å². The molecule has 0 radical (unpaired) electrons. The van der Waals surface area contributed by atoms with E-state index in [9.17, 15) is 22.8 Å². The second-order valence-corrected chi connectivity index (χ2v) is 6.10. The summed E-state index contributed by atoms with van der Waals surface area (Å²) in [6.45, 7) is 0.461. The van der Waals surface area contributed by atoms with Gasteiger partial charge in [-0.3, -0.25) is 9.59 Å². The Morgan fingerprint density at radius 3 is 2.67 bits per heavy atom. The minimum Gasteiger partial charge on any atom is -0.375 e. The van der Waals surface area contributed by atoms with E-state index in [-0.39, 0.29) is 18.1 Å². The molecule has 0 saturated carbocycles. The van der Waals surface area contributed by atoms with Crippen LogP contribution in [0, 0.1) is 0 Å². The van der Waals surface area contributed by atoms with Gasteiger partial charge < -0.3 is 15.0 Å². The van der Waals surface area contributed by atoms with Crippen LogP contribution in [-0.2, 0) is 22.1 Å². The molecule has 27 heavy (non-hydrogen) atoms. The van der Waals surface area contributed by atoms with Crippen molar-refractivity contribution in [2.75, 3.05) is 30.5 Å². The molecule has 1 heterocycles. The Morgan fingerprint density at radius 2 is 1.96 bits per heavy atom. The first-order chi connectivity index (χ1) is 12.8. The molecular formula is C19H17F3N2O3. The van der Waals surface area contributed by atoms with E-state index in [4.69, 9.17) is 4.74 Å². The van der Waals surface area contributed by atoms with Gasteiger partial charge in [-0.2, -0.15) is 13.2 Å². The summed E-state index contributed by atoms with van der Waals surface area (Å²) in [7, 11) is 1.43. The van der Waals surface area contributed by atoms with E-state index in [0.29, 0.717) is 24.3 Å². The largest absolute Gasteiger partial charge is 0.416 e. The highest BCUT2D eigenvalue weighted by Crippen LogP contribution is 2.32. The number of hydrogen-bond donors (Lipinski definition) is 1. The van der Waals surface area contributed by atoms with E-state index in [1.807, 2.05) is 0 Å². The first kappa shape index (κ1) is 18.9. The number of ether oxygens (including phenoxy) is 1. The van der Waals surface area contributed by atoms with Crippen LogP contribution in [0.15, 0.2) is 42.5 Å². The maximum absolute atomic E-state index is 12.8. The second kappa shape index (κ2) is 7.40. The van der Waals surface area contributed by atoms with Gasteiger partial charge in [0.2, 0.25) is 0 Å². The molecule has 0 saturated heterocycles. The zero-order valence-electron chi connectivity index (χ0n) is 14.5. The Morgan fingerprint density at radius 1 is 1.19 bits per heavy atom. The number of rotatable bonds is 4. The van der Waals surface area contributed by atoms with Crippen LogP contribution in [0.4, 0.5) is 24.5 Å². The zero-order chi connectivity index (χ0) is 19.6. The number of nitrogens with one attached hydrogen (secondary N) is 1. The highest BCUT2D eigenvalue weighted by Gasteiger charge is 2.31. The van der Waals surface area contributed by atoms with Crippen molar-refractivity contribution < 1.29 is 27.5 Å². The lowest BCUT2D eigenvalue weighted by Crippen LogP contribution is -2.32. The van der Waals surface area contributed by atoms with Gasteiger partial charge in [0.05, 0.1) is 5.56 Å². The van der Waals surface area contributed by atoms with Gasteiger partial charge in [0, 0.05) is 30.6 Å². The summed E-state index contributed by atoms with van der Waals surface area (Å²) >= 11 is 0. The molecule has 0 fully saturated rings. The van der Waals surface area contributed by atoms with Crippen molar-refractivity contribution >= 4 is 23.2 Å². The Labute approximate surface area is 153 Å². The van der Waals surface area contributed by atoms with Gasteiger partial charge in [0.25, 0.3) is 11.8 Å². The van der Waals surface area contributed by atoms with E-state index in [0.717, 1.165) is 17.7 Å². The molecule has 2 amide bonds. The number of halogens is 3. The maximum Gasteiger partial charge on any atom is 0.416 e. The second-order valence-electron chi connectivity index (χ2n) is 6.10. The number of methoxy groups -OCH3 is 1. The van der Waals surface area contributed by atoms with Crippen molar-refractivity contribution in [2.45, 2.75) is 12.6 Å². The number of hydrogen-bond acceptors (Lipinski definition) is 3. The smallest absolute Gasteiger partial charge is 0.375 e. The number of amides is 2. The fourth-order valence-electron chi connectivity index (χ4n) is 2.96. The van der Waals surface area contributed by atoms with E-state index in [1.165, 1.54) is 19.2 Å². The van der Waals surface area contributed by atoms with Gasteiger partial charge in [-0.15, -0.1) is 0 Å². The maximum atomic E-state index is 12.8. The van der Waals surface area contributed by atoms with Crippen molar-refractivity contribution in [1.29, 1.82) is 0 Å². The summed E-state index contributed by atoms with van der Waals surface area (Å²) in [5.74, 6) is -0.855. The summed E-state index contributed by atoms with van der Waals surface area (Å²) in [6.07, 6.45) is -3.83. The van der Waals surface area contributed by atoms with Gasteiger partial charge in [0.15, 0.2) is 0 Å². The SMILES string of the molecule is COCC(=O)N1CCc2ccc(NC(=O)c3cccc(C(F)(F)F)c3)cc21. The van der Waals surface area contributed by atoms with Crippen LogP contribution in [0.3, 0.4) is 0 Å². The number of carbonyl (C=O) groups excluding carboxylic acids is 2. The first-order valence-electron chi connectivity index (χ1n) is 8.20. The summed E-state index contributed by atoms with van der Waals surface area (Å²) in [5, 5.41) is 2.58. The highest BCUT2D eigenvalue weighted by atomic mass is 19.4. The van der Waals surface area contributed by atoms with E-state index in [2.05, 4.69) is 5.32 Å². The molecule has 1 aliphatic rings. The highest BCUT2D eigenvalue weighted by molar-refractivity contribution is 6.05. The molecule has 8 heteroatoms. The summed E-state index contributed by atoms with van der Waals surface area (Å²) in [4.78, 5) is 26.0. The lowest BCUT2D eigenvalue weighted by Gasteiger charge is -2.17. The predicted molar refractivity (Wildman–Crippen MR) is 93.8 cm³/mol. The van der Waals surface area contributed by atoms with Crippen molar-refractivity contribution in [2.24, 2.45) is 0 Å². The minimum absolute atomic E-state index is 0.0553. The predicted octanol–water partition coefficient (Wildman–Crippen LogP) is 3.49. The quantitative estimate of drug-likeness (QED) is 0.886. The van der Waals surface area contributed by atoms with Crippen LogP contribution in [0.25, 0.3) is 0 Å². The van der Waals surface area contributed by atoms with E-state index < -0.39 is 17.6 Å². The number of fused-ring (bicyclic) bond motifs is 1. The molecule has 0 bridgehead atoms. The number of nitrogens with zero attached hydrogens (tertiary/aromatic N) is 1. The molecule has 0 aromatic heterocycles. The van der Waals surface area contributed by atoms with E-state index >= 15 is 0 Å². The normalized spacial score (nSPS) is 13.4. The number of anilines is 2. The lowest BCUT2D eigenvalue weighted by molar-refractivity contribution is -0.137. The standard InChI is InChI=1S/C19H17F3N2O3/c1-27-11-17(25)24-8-7-12-5-6-15(10-16(12)24)23-18(26)13-3-2-4-14(9-13)19(20,21)22/h2-6,9-10H,7-8,11H2,1H3,(H,23,26). The summed E-state index contributed by atoms with van der Waals surface area (Å²) in [6, 6.07) is 9.30. The lowest BCUT2D eigenvalue weighted by atomic mass is 10.1. The van der Waals surface area contributed by atoms with Crippen LogP contribution < -0.4 is 10.2 Å². The van der Waals surface area contributed by atoms with Gasteiger partial charge in [-0.1, -0.05) is 12.1 Å². The van der Waals surface area contributed by atoms with Crippen molar-refractivity contribution in [3.63, 3.8) is 0 Å². The molecule has 0 unspecified atom stereocenters. The number of alkyl halides is 3. The zero-order valence-corrected chi connectivity index (χ0v) is 14.5. The molecule has 3 rings (SSSR count). The van der Waals surface area contributed by atoms with Crippen LogP contribution in [0.1, 0.15) is 21.5 Å². The molecular weight excluding hydrogens is 361 g/mol. The average molecular weight is 378 g/mol. The molecule has 142 valence electrons.